The Morgan fingerprint density at radius 3 is 2.22 bits per heavy atom. The fourth-order valence-electron chi connectivity index (χ4n) is 4.92. The highest BCUT2D eigenvalue weighted by Crippen LogP contribution is 2.28. The van der Waals surface area contributed by atoms with Gasteiger partial charge in [0, 0.05) is 6.42 Å². The molecule has 0 spiro atoms. The number of hydrogen-bond donors (Lipinski definition) is 3. The zero-order valence-corrected chi connectivity index (χ0v) is 21.0. The van der Waals surface area contributed by atoms with Gasteiger partial charge in [-0.15, -0.1) is 0 Å². The van der Waals surface area contributed by atoms with Gasteiger partial charge in [-0.05, 0) is 36.5 Å². The first-order valence-corrected chi connectivity index (χ1v) is 14.1. The van der Waals surface area contributed by atoms with Crippen LogP contribution >= 0.6 is 0 Å². The molecule has 2 aliphatic rings. The summed E-state index contributed by atoms with van der Waals surface area (Å²) in [5.74, 6) is -1.04. The number of hydrogen-bond acceptors (Lipinski definition) is 5. The fourth-order valence-corrected chi connectivity index (χ4v) is 6.57. The van der Waals surface area contributed by atoms with E-state index in [0.717, 1.165) is 37.7 Å². The third-order valence-electron chi connectivity index (χ3n) is 7.00. The Labute approximate surface area is 212 Å². The summed E-state index contributed by atoms with van der Waals surface area (Å²) in [5, 5.41) is 6.63. The molecule has 0 aromatic heterocycles. The van der Waals surface area contributed by atoms with Crippen LogP contribution in [0.5, 0.6) is 0 Å². The number of carbonyl (C=O) groups excluding carboxylic acids is 3. The normalized spacial score (nSPS) is 21.1. The molecule has 2 fully saturated rings. The highest BCUT2D eigenvalue weighted by molar-refractivity contribution is 7.92. The average Bonchev–Trinajstić information content (AvgIpc) is 2.90. The van der Waals surface area contributed by atoms with Gasteiger partial charge in [0.1, 0.15) is 12.1 Å². The van der Waals surface area contributed by atoms with Gasteiger partial charge in [-0.25, -0.2) is 8.42 Å². The Hall–Kier alpha value is -3.20. The molecule has 3 atom stereocenters. The van der Waals surface area contributed by atoms with Crippen molar-refractivity contribution in [1.82, 2.24) is 16.0 Å². The summed E-state index contributed by atoms with van der Waals surface area (Å²) in [4.78, 5) is 38.4. The highest BCUT2D eigenvalue weighted by Gasteiger charge is 2.49. The van der Waals surface area contributed by atoms with E-state index < -0.39 is 39.1 Å². The first kappa shape index (κ1) is 25.9. The molecule has 192 valence electrons. The molecule has 1 aliphatic carbocycles. The summed E-state index contributed by atoms with van der Waals surface area (Å²) in [5.41, 5.74) is 1.03. The van der Waals surface area contributed by atoms with E-state index in [4.69, 9.17) is 0 Å². The van der Waals surface area contributed by atoms with Crippen LogP contribution in [0.25, 0.3) is 0 Å². The maximum Gasteiger partial charge on any atom is 0.246 e. The smallest absolute Gasteiger partial charge is 0.246 e. The second kappa shape index (κ2) is 11.7. The number of rotatable bonds is 10. The average molecular weight is 512 g/mol. The quantitative estimate of drug-likeness (QED) is 0.423. The monoisotopic (exact) mass is 511 g/mol. The minimum Gasteiger partial charge on any atom is -0.344 e. The number of aryl methyl sites for hydroxylation is 1. The third kappa shape index (κ3) is 6.32. The third-order valence-corrected chi connectivity index (χ3v) is 8.99. The molecule has 3 amide bonds. The lowest BCUT2D eigenvalue weighted by Crippen LogP contribution is -2.72. The van der Waals surface area contributed by atoms with E-state index in [0.29, 0.717) is 18.8 Å². The van der Waals surface area contributed by atoms with Crippen LogP contribution in [-0.4, -0.2) is 43.6 Å². The van der Waals surface area contributed by atoms with Gasteiger partial charge in [0.05, 0.1) is 4.90 Å². The van der Waals surface area contributed by atoms with E-state index >= 15 is 0 Å². The van der Waals surface area contributed by atoms with Crippen LogP contribution in [0.4, 0.5) is 0 Å². The van der Waals surface area contributed by atoms with Gasteiger partial charge >= 0.3 is 0 Å². The van der Waals surface area contributed by atoms with Gasteiger partial charge in [-0.3, -0.25) is 14.4 Å². The summed E-state index contributed by atoms with van der Waals surface area (Å²) in [7, 11) is -3.88. The van der Waals surface area contributed by atoms with Gasteiger partial charge in [0.25, 0.3) is 0 Å². The van der Waals surface area contributed by atoms with Crippen LogP contribution in [0.2, 0.25) is 0 Å². The molecule has 8 nitrogen and oxygen atoms in total. The SMILES string of the molecule is O=C(CCc1ccccc1)N[C@@H](CC1CCCCC1)C(=O)N[C@@H]1C(=O)N[C@@H]1S(=O)(=O)c1ccccc1. The summed E-state index contributed by atoms with van der Waals surface area (Å²) in [6.45, 7) is 0. The summed E-state index contributed by atoms with van der Waals surface area (Å²) >= 11 is 0. The predicted octanol–water partition coefficient (Wildman–Crippen LogP) is 2.49. The van der Waals surface area contributed by atoms with Crippen molar-refractivity contribution in [1.29, 1.82) is 0 Å². The van der Waals surface area contributed by atoms with Gasteiger partial charge in [-0.1, -0.05) is 80.6 Å². The number of amides is 3. The molecule has 0 bridgehead atoms. The molecule has 1 saturated heterocycles. The summed E-state index contributed by atoms with van der Waals surface area (Å²) in [6, 6.07) is 15.4. The molecule has 1 aliphatic heterocycles. The second-order valence-electron chi connectivity index (χ2n) is 9.62. The van der Waals surface area contributed by atoms with Crippen molar-refractivity contribution >= 4 is 27.6 Å². The van der Waals surface area contributed by atoms with Crippen molar-refractivity contribution in [2.45, 2.75) is 73.7 Å². The lowest BCUT2D eigenvalue weighted by atomic mass is 9.84. The van der Waals surface area contributed by atoms with E-state index in [-0.39, 0.29) is 17.2 Å². The van der Waals surface area contributed by atoms with Crippen molar-refractivity contribution in [3.63, 3.8) is 0 Å². The van der Waals surface area contributed by atoms with Crippen molar-refractivity contribution in [2.24, 2.45) is 5.92 Å². The molecule has 2 aromatic rings. The Morgan fingerprint density at radius 1 is 0.944 bits per heavy atom. The van der Waals surface area contributed by atoms with E-state index in [9.17, 15) is 22.8 Å². The second-order valence-corrected chi connectivity index (χ2v) is 11.7. The number of carbonyl (C=O) groups is 3. The summed E-state index contributed by atoms with van der Waals surface area (Å²) < 4.78 is 26.0. The number of benzene rings is 2. The lowest BCUT2D eigenvalue weighted by molar-refractivity contribution is -0.136. The van der Waals surface area contributed by atoms with Crippen LogP contribution in [0.3, 0.4) is 0 Å². The Bertz CT molecular complexity index is 1160. The molecule has 2 aromatic carbocycles. The van der Waals surface area contributed by atoms with Crippen LogP contribution in [0, 0.1) is 5.92 Å². The van der Waals surface area contributed by atoms with E-state index in [2.05, 4.69) is 16.0 Å². The van der Waals surface area contributed by atoms with Crippen LogP contribution < -0.4 is 16.0 Å². The maximum absolute atomic E-state index is 13.3. The van der Waals surface area contributed by atoms with Crippen molar-refractivity contribution in [3.8, 4) is 0 Å². The molecule has 3 N–H and O–H groups in total. The van der Waals surface area contributed by atoms with Crippen LogP contribution in [0.15, 0.2) is 65.6 Å². The van der Waals surface area contributed by atoms with Crippen LogP contribution in [0.1, 0.15) is 50.5 Å². The minimum atomic E-state index is -3.88. The van der Waals surface area contributed by atoms with Gasteiger partial charge in [0.15, 0.2) is 5.37 Å². The van der Waals surface area contributed by atoms with Crippen molar-refractivity contribution in [2.75, 3.05) is 0 Å². The molecular formula is C27H33N3O5S. The first-order chi connectivity index (χ1) is 17.3. The van der Waals surface area contributed by atoms with E-state index in [1.54, 1.807) is 18.2 Å². The molecule has 4 rings (SSSR count). The number of nitrogens with one attached hydrogen (secondary N) is 3. The maximum atomic E-state index is 13.3. The molecule has 0 radical (unpaired) electrons. The fraction of sp³-hybridized carbons (Fsp3) is 0.444. The van der Waals surface area contributed by atoms with Gasteiger partial charge in [0.2, 0.25) is 27.6 Å². The van der Waals surface area contributed by atoms with E-state index in [1.807, 2.05) is 30.3 Å². The Balaban J connectivity index is 1.43. The lowest BCUT2D eigenvalue weighted by Gasteiger charge is -2.37. The Morgan fingerprint density at radius 2 is 1.58 bits per heavy atom. The zero-order chi connectivity index (χ0) is 25.5. The standard InChI is InChI=1S/C27H33N3O5S/c31-23(17-16-19-10-4-1-5-11-19)28-22(18-20-12-6-2-7-13-20)25(32)29-24-26(33)30-27(24)36(34,35)21-14-8-3-9-15-21/h1,3-5,8-11,14-15,20,22,24,27H,2,6-7,12-13,16-18H2,(H,28,31)(H,29,32)(H,30,33)/t22-,24+,27+/m0/s1. The molecule has 36 heavy (non-hydrogen) atoms. The van der Waals surface area contributed by atoms with Crippen LogP contribution in [-0.2, 0) is 30.6 Å². The predicted molar refractivity (Wildman–Crippen MR) is 135 cm³/mol. The number of β-lactam (4-membered cyclic amide) rings is 1. The topological polar surface area (TPSA) is 121 Å². The largest absolute Gasteiger partial charge is 0.344 e. The molecular weight excluding hydrogens is 478 g/mol. The van der Waals surface area contributed by atoms with Crippen molar-refractivity contribution in [3.05, 3.63) is 66.2 Å². The minimum absolute atomic E-state index is 0.0715. The van der Waals surface area contributed by atoms with Gasteiger partial charge in [-0.2, -0.15) is 0 Å². The Kier molecular flexibility index (Phi) is 8.40. The molecule has 9 heteroatoms. The molecule has 1 saturated carbocycles. The zero-order valence-electron chi connectivity index (χ0n) is 20.2. The first-order valence-electron chi connectivity index (χ1n) is 12.6. The van der Waals surface area contributed by atoms with E-state index in [1.165, 1.54) is 12.1 Å². The molecule has 0 unspecified atom stereocenters. The van der Waals surface area contributed by atoms with Crippen molar-refractivity contribution < 1.29 is 22.8 Å². The molecule has 1 heterocycles. The number of sulfone groups is 1. The summed E-state index contributed by atoms with van der Waals surface area (Å²) in [6.07, 6.45) is 6.55. The van der Waals surface area contributed by atoms with Gasteiger partial charge < -0.3 is 16.0 Å². The highest BCUT2D eigenvalue weighted by atomic mass is 32.2.